The third kappa shape index (κ3) is 3.90. The predicted molar refractivity (Wildman–Crippen MR) is 90.6 cm³/mol. The molecule has 0 atom stereocenters. The lowest BCUT2D eigenvalue weighted by Gasteiger charge is -2.08. The average molecular weight is 342 g/mol. The zero-order valence-corrected chi connectivity index (χ0v) is 13.8. The molecule has 1 fully saturated rings. The molecule has 1 aliphatic carbocycles. The van der Waals surface area contributed by atoms with E-state index in [-0.39, 0.29) is 29.9 Å². The minimum absolute atomic E-state index is 0.0938. The molecule has 130 valence electrons. The van der Waals surface area contributed by atoms with Gasteiger partial charge in [0, 0.05) is 42.3 Å². The number of rotatable bonds is 6. The summed E-state index contributed by atoms with van der Waals surface area (Å²) in [4.78, 5) is 38.8. The number of benzene rings is 1. The van der Waals surface area contributed by atoms with Gasteiger partial charge in [-0.25, -0.2) is 4.98 Å². The summed E-state index contributed by atoms with van der Waals surface area (Å²) in [6.45, 7) is 2.13. The van der Waals surface area contributed by atoms with Gasteiger partial charge in [-0.3, -0.25) is 24.3 Å². The fourth-order valence-electron chi connectivity index (χ4n) is 2.55. The summed E-state index contributed by atoms with van der Waals surface area (Å²) < 4.78 is 1.43. The van der Waals surface area contributed by atoms with Crippen molar-refractivity contribution in [3.05, 3.63) is 67.9 Å². The highest BCUT2D eigenvalue weighted by Crippen LogP contribution is 2.38. The van der Waals surface area contributed by atoms with Crippen LogP contribution in [0, 0.1) is 17.0 Å². The molecule has 2 aromatic rings. The maximum Gasteiger partial charge on any atom is 0.273 e. The third-order valence-electron chi connectivity index (χ3n) is 4.20. The van der Waals surface area contributed by atoms with E-state index in [1.165, 1.54) is 29.1 Å². The smallest absolute Gasteiger partial charge is 0.273 e. The SMILES string of the molecule is Cc1ccc(C(=O)NCCn2cnc(C3CC3)cc2=O)cc1[N+](=O)[O-]. The molecule has 0 saturated heterocycles. The Kier molecular flexibility index (Phi) is 4.60. The van der Waals surface area contributed by atoms with Crippen LogP contribution in [0.25, 0.3) is 0 Å². The number of carbonyl (C=O) groups excluding carboxylic acids is 1. The number of nitro groups is 1. The molecule has 0 aliphatic heterocycles. The van der Waals surface area contributed by atoms with Crippen molar-refractivity contribution in [2.45, 2.75) is 32.2 Å². The lowest BCUT2D eigenvalue weighted by Crippen LogP contribution is -2.31. The van der Waals surface area contributed by atoms with Gasteiger partial charge in [0.1, 0.15) is 0 Å². The summed E-state index contributed by atoms with van der Waals surface area (Å²) >= 11 is 0. The van der Waals surface area contributed by atoms with E-state index < -0.39 is 10.8 Å². The molecule has 1 heterocycles. The number of nitrogens with zero attached hydrogens (tertiary/aromatic N) is 3. The zero-order valence-electron chi connectivity index (χ0n) is 13.8. The van der Waals surface area contributed by atoms with Crippen molar-refractivity contribution < 1.29 is 9.72 Å². The maximum absolute atomic E-state index is 12.1. The Morgan fingerprint density at radius 1 is 1.40 bits per heavy atom. The first kappa shape index (κ1) is 16.8. The molecule has 0 bridgehead atoms. The van der Waals surface area contributed by atoms with E-state index in [1.54, 1.807) is 13.0 Å². The fourth-order valence-corrected chi connectivity index (χ4v) is 2.55. The van der Waals surface area contributed by atoms with Crippen LogP contribution in [0.4, 0.5) is 5.69 Å². The van der Waals surface area contributed by atoms with Crippen LogP contribution in [0.15, 0.2) is 35.4 Å². The normalized spacial score (nSPS) is 13.5. The summed E-state index contributed by atoms with van der Waals surface area (Å²) in [7, 11) is 0. The summed E-state index contributed by atoms with van der Waals surface area (Å²) in [6.07, 6.45) is 3.66. The van der Waals surface area contributed by atoms with E-state index in [2.05, 4.69) is 10.3 Å². The highest BCUT2D eigenvalue weighted by Gasteiger charge is 2.25. The molecule has 3 rings (SSSR count). The van der Waals surface area contributed by atoms with Gasteiger partial charge in [-0.15, -0.1) is 0 Å². The van der Waals surface area contributed by atoms with Gasteiger partial charge in [-0.2, -0.15) is 0 Å². The number of nitro benzene ring substituents is 1. The lowest BCUT2D eigenvalue weighted by molar-refractivity contribution is -0.385. The summed E-state index contributed by atoms with van der Waals surface area (Å²) in [5.41, 5.74) is 1.31. The van der Waals surface area contributed by atoms with Gasteiger partial charge in [-0.05, 0) is 25.8 Å². The Morgan fingerprint density at radius 2 is 2.16 bits per heavy atom. The summed E-state index contributed by atoms with van der Waals surface area (Å²) in [5, 5.41) is 13.6. The van der Waals surface area contributed by atoms with Crippen molar-refractivity contribution in [3.8, 4) is 0 Å². The lowest BCUT2D eigenvalue weighted by atomic mass is 10.1. The van der Waals surface area contributed by atoms with E-state index in [0.717, 1.165) is 18.5 Å². The zero-order chi connectivity index (χ0) is 18.0. The van der Waals surface area contributed by atoms with Gasteiger partial charge in [0.25, 0.3) is 17.2 Å². The van der Waals surface area contributed by atoms with Crippen LogP contribution >= 0.6 is 0 Å². The molecule has 1 N–H and O–H groups in total. The molecule has 8 heteroatoms. The quantitative estimate of drug-likeness (QED) is 0.636. The van der Waals surface area contributed by atoms with Gasteiger partial charge in [-0.1, -0.05) is 6.07 Å². The molecular formula is C17H18N4O4. The number of nitrogens with one attached hydrogen (secondary N) is 1. The molecule has 1 aromatic heterocycles. The second-order valence-electron chi connectivity index (χ2n) is 6.13. The molecule has 0 radical (unpaired) electrons. The highest BCUT2D eigenvalue weighted by molar-refractivity contribution is 5.94. The van der Waals surface area contributed by atoms with E-state index in [4.69, 9.17) is 0 Å². The van der Waals surface area contributed by atoms with Crippen molar-refractivity contribution in [3.63, 3.8) is 0 Å². The molecule has 25 heavy (non-hydrogen) atoms. The van der Waals surface area contributed by atoms with Crippen LogP contribution in [0.2, 0.25) is 0 Å². The van der Waals surface area contributed by atoms with Gasteiger partial charge in [0.2, 0.25) is 0 Å². The van der Waals surface area contributed by atoms with E-state index in [9.17, 15) is 19.7 Å². The van der Waals surface area contributed by atoms with Crippen molar-refractivity contribution in [1.82, 2.24) is 14.9 Å². The van der Waals surface area contributed by atoms with Crippen LogP contribution in [-0.4, -0.2) is 26.9 Å². The first-order valence-electron chi connectivity index (χ1n) is 8.05. The second-order valence-corrected chi connectivity index (χ2v) is 6.13. The van der Waals surface area contributed by atoms with Crippen molar-refractivity contribution in [2.24, 2.45) is 0 Å². The van der Waals surface area contributed by atoms with Gasteiger partial charge in [0.05, 0.1) is 16.9 Å². The molecule has 0 unspecified atom stereocenters. The molecule has 1 aromatic carbocycles. The number of hydrogen-bond donors (Lipinski definition) is 1. The second kappa shape index (κ2) is 6.84. The van der Waals surface area contributed by atoms with E-state index >= 15 is 0 Å². The van der Waals surface area contributed by atoms with Crippen LogP contribution in [0.3, 0.4) is 0 Å². The Labute approximate surface area is 143 Å². The molecule has 1 amide bonds. The Bertz CT molecular complexity index is 886. The van der Waals surface area contributed by atoms with Crippen molar-refractivity contribution in [2.75, 3.05) is 6.54 Å². The molecule has 1 saturated carbocycles. The Balaban J connectivity index is 1.60. The highest BCUT2D eigenvalue weighted by atomic mass is 16.6. The van der Waals surface area contributed by atoms with E-state index in [0.29, 0.717) is 11.5 Å². The average Bonchev–Trinajstić information content (AvgIpc) is 3.41. The molecule has 0 spiro atoms. The van der Waals surface area contributed by atoms with Crippen molar-refractivity contribution >= 4 is 11.6 Å². The number of hydrogen-bond acceptors (Lipinski definition) is 5. The van der Waals surface area contributed by atoms with Gasteiger partial charge >= 0.3 is 0 Å². The van der Waals surface area contributed by atoms with Crippen LogP contribution in [-0.2, 0) is 6.54 Å². The number of amides is 1. The predicted octanol–water partition coefficient (Wildman–Crippen LogP) is 1.77. The largest absolute Gasteiger partial charge is 0.350 e. The van der Waals surface area contributed by atoms with Crippen LogP contribution < -0.4 is 10.9 Å². The number of aromatic nitrogens is 2. The minimum Gasteiger partial charge on any atom is -0.350 e. The molecule has 8 nitrogen and oxygen atoms in total. The van der Waals surface area contributed by atoms with E-state index in [1.807, 2.05) is 0 Å². The van der Waals surface area contributed by atoms with Crippen LogP contribution in [0.5, 0.6) is 0 Å². The van der Waals surface area contributed by atoms with Gasteiger partial charge in [0.15, 0.2) is 0 Å². The topological polar surface area (TPSA) is 107 Å². The van der Waals surface area contributed by atoms with Gasteiger partial charge < -0.3 is 5.32 Å². The standard InChI is InChI=1S/C17H18N4O4/c1-11-2-3-13(8-15(11)21(24)25)17(23)18-6-7-20-10-19-14(9-16(20)22)12-4-5-12/h2-3,8-10,12H,4-7H2,1H3,(H,18,23). The van der Waals surface area contributed by atoms with Crippen LogP contribution in [0.1, 0.15) is 40.4 Å². The maximum atomic E-state index is 12.1. The number of carbonyl (C=O) groups is 1. The monoisotopic (exact) mass is 342 g/mol. The Morgan fingerprint density at radius 3 is 2.80 bits per heavy atom. The minimum atomic E-state index is -0.515. The first-order valence-corrected chi connectivity index (χ1v) is 8.05. The number of aryl methyl sites for hydroxylation is 1. The molecule has 1 aliphatic rings. The summed E-state index contributed by atoms with van der Waals surface area (Å²) in [5.74, 6) is -0.00177. The molecular weight excluding hydrogens is 324 g/mol. The van der Waals surface area contributed by atoms with Crippen molar-refractivity contribution in [1.29, 1.82) is 0 Å². The summed E-state index contributed by atoms with van der Waals surface area (Å²) in [6, 6.07) is 5.87. The fraction of sp³-hybridized carbons (Fsp3) is 0.353. The third-order valence-corrected chi connectivity index (χ3v) is 4.20. The first-order chi connectivity index (χ1) is 12.0. The Hall–Kier alpha value is -3.03.